The second kappa shape index (κ2) is 7.09. The third kappa shape index (κ3) is 6.03. The number of hydrogen-bond donors (Lipinski definition) is 1. The average Bonchev–Trinajstić information content (AvgIpc) is 2.17. The number of benzene rings is 1. The molecule has 0 saturated heterocycles. The highest BCUT2D eigenvalue weighted by Crippen LogP contribution is 2.17. The van der Waals surface area contributed by atoms with Crippen LogP contribution in [-0.4, -0.2) is 25.1 Å². The van der Waals surface area contributed by atoms with Crippen LogP contribution in [0.1, 0.15) is 6.92 Å². The topological polar surface area (TPSA) is 21.3 Å². The van der Waals surface area contributed by atoms with Gasteiger partial charge < -0.3 is 10.1 Å². The van der Waals surface area contributed by atoms with Gasteiger partial charge in [-0.3, -0.25) is 0 Å². The van der Waals surface area contributed by atoms with Crippen LogP contribution in [0.15, 0.2) is 28.7 Å². The predicted molar refractivity (Wildman–Crippen MR) is 67.8 cm³/mol. The lowest BCUT2D eigenvalue weighted by Gasteiger charge is -2.08. The molecule has 1 N–H and O–H groups in total. The lowest BCUT2D eigenvalue weighted by molar-refractivity contribution is 0.314. The average molecular weight is 293 g/mol. The Morgan fingerprint density at radius 1 is 1.53 bits per heavy atom. The van der Waals surface area contributed by atoms with Gasteiger partial charge in [-0.1, -0.05) is 22.0 Å². The molecule has 0 bridgehead atoms. The first-order valence-corrected chi connectivity index (χ1v) is 6.14. The van der Waals surface area contributed by atoms with Gasteiger partial charge in [-0.05, 0) is 25.1 Å². The lowest BCUT2D eigenvalue weighted by Crippen LogP contribution is -2.26. The fourth-order valence-electron chi connectivity index (χ4n) is 1.10. The molecular weight excluding hydrogens is 277 g/mol. The van der Waals surface area contributed by atoms with Crippen LogP contribution in [0.3, 0.4) is 0 Å². The number of rotatable bonds is 6. The first-order valence-electron chi connectivity index (χ1n) is 4.91. The number of ether oxygens (including phenoxy) is 1. The molecule has 0 amide bonds. The van der Waals surface area contributed by atoms with Crippen LogP contribution in [0.25, 0.3) is 0 Å². The molecule has 2 nitrogen and oxygen atoms in total. The fourth-order valence-corrected chi connectivity index (χ4v) is 1.59. The molecule has 0 fully saturated rings. The Hall–Kier alpha value is -0.250. The molecule has 0 heterocycles. The van der Waals surface area contributed by atoms with Gasteiger partial charge in [0, 0.05) is 22.9 Å². The van der Waals surface area contributed by atoms with Crippen LogP contribution < -0.4 is 10.1 Å². The normalized spacial score (nSPS) is 12.5. The molecular formula is C11H15BrClNO. The molecule has 1 atom stereocenters. The highest BCUT2D eigenvalue weighted by Gasteiger charge is 1.96. The van der Waals surface area contributed by atoms with E-state index in [0.29, 0.717) is 6.61 Å². The summed E-state index contributed by atoms with van der Waals surface area (Å²) in [6.07, 6.45) is 0. The highest BCUT2D eigenvalue weighted by atomic mass is 79.9. The summed E-state index contributed by atoms with van der Waals surface area (Å²) in [5, 5.41) is 3.36. The van der Waals surface area contributed by atoms with Gasteiger partial charge in [0.2, 0.25) is 0 Å². The number of alkyl halides is 1. The van der Waals surface area contributed by atoms with Crippen LogP contribution >= 0.6 is 27.5 Å². The van der Waals surface area contributed by atoms with E-state index in [1.54, 1.807) is 0 Å². The zero-order valence-electron chi connectivity index (χ0n) is 8.67. The Kier molecular flexibility index (Phi) is 6.06. The van der Waals surface area contributed by atoms with Crippen LogP contribution in [0.2, 0.25) is 0 Å². The van der Waals surface area contributed by atoms with Gasteiger partial charge in [0.05, 0.1) is 0 Å². The van der Waals surface area contributed by atoms with Crippen LogP contribution in [0.5, 0.6) is 5.75 Å². The predicted octanol–water partition coefficient (Wildman–Crippen LogP) is 3.04. The summed E-state index contributed by atoms with van der Waals surface area (Å²) in [6.45, 7) is 4.23. The van der Waals surface area contributed by atoms with Crippen molar-refractivity contribution >= 4 is 27.5 Å². The fraction of sp³-hybridized carbons (Fsp3) is 0.455. The molecule has 15 heavy (non-hydrogen) atoms. The van der Waals surface area contributed by atoms with Crippen molar-refractivity contribution in [2.75, 3.05) is 19.7 Å². The summed E-state index contributed by atoms with van der Waals surface area (Å²) < 4.78 is 6.56. The summed E-state index contributed by atoms with van der Waals surface area (Å²) in [5.41, 5.74) is 0. The Morgan fingerprint density at radius 2 is 2.33 bits per heavy atom. The zero-order valence-corrected chi connectivity index (χ0v) is 11.0. The summed E-state index contributed by atoms with van der Waals surface area (Å²) >= 11 is 9.18. The van der Waals surface area contributed by atoms with Gasteiger partial charge >= 0.3 is 0 Å². The number of halogens is 2. The molecule has 4 heteroatoms. The molecule has 0 radical (unpaired) electrons. The summed E-state index contributed by atoms with van der Waals surface area (Å²) in [5.74, 6) is 0.880. The molecule has 0 aliphatic rings. The molecule has 1 aromatic rings. The van der Waals surface area contributed by atoms with Gasteiger partial charge in [0.25, 0.3) is 0 Å². The molecule has 0 aliphatic carbocycles. The van der Waals surface area contributed by atoms with E-state index in [2.05, 4.69) is 21.2 Å². The van der Waals surface area contributed by atoms with Gasteiger partial charge in [-0.25, -0.2) is 0 Å². The second-order valence-corrected chi connectivity index (χ2v) is 4.95. The minimum absolute atomic E-state index is 0.163. The van der Waals surface area contributed by atoms with E-state index in [4.69, 9.17) is 16.3 Å². The number of nitrogens with one attached hydrogen (secondary N) is 1. The minimum atomic E-state index is 0.163. The first kappa shape index (κ1) is 12.8. The Bertz CT molecular complexity index is 294. The standard InChI is InChI=1S/C11H15BrClNO/c1-9(13)8-14-5-6-15-11-4-2-3-10(12)7-11/h2-4,7,9,14H,5-6,8H2,1H3. The zero-order chi connectivity index (χ0) is 11.1. The van der Waals surface area contributed by atoms with E-state index >= 15 is 0 Å². The summed E-state index contributed by atoms with van der Waals surface area (Å²) in [6, 6.07) is 7.81. The summed E-state index contributed by atoms with van der Waals surface area (Å²) in [7, 11) is 0. The molecule has 0 aromatic heterocycles. The third-order valence-corrected chi connectivity index (χ3v) is 2.42. The molecule has 0 saturated carbocycles. The van der Waals surface area contributed by atoms with E-state index in [1.165, 1.54) is 0 Å². The molecule has 0 aliphatic heterocycles. The van der Waals surface area contributed by atoms with Crippen LogP contribution in [0.4, 0.5) is 0 Å². The highest BCUT2D eigenvalue weighted by molar-refractivity contribution is 9.10. The maximum atomic E-state index is 5.78. The van der Waals surface area contributed by atoms with Crippen LogP contribution in [0, 0.1) is 0 Å². The monoisotopic (exact) mass is 291 g/mol. The van der Waals surface area contributed by atoms with Crippen molar-refractivity contribution < 1.29 is 4.74 Å². The minimum Gasteiger partial charge on any atom is -0.492 e. The van der Waals surface area contributed by atoms with Gasteiger partial charge in [0.1, 0.15) is 12.4 Å². The van der Waals surface area contributed by atoms with Crippen molar-refractivity contribution in [2.24, 2.45) is 0 Å². The van der Waals surface area contributed by atoms with Crippen molar-refractivity contribution in [3.63, 3.8) is 0 Å². The maximum absolute atomic E-state index is 5.78. The SMILES string of the molecule is CC(Cl)CNCCOc1cccc(Br)c1. The van der Waals surface area contributed by atoms with E-state index < -0.39 is 0 Å². The lowest BCUT2D eigenvalue weighted by atomic mass is 10.3. The Labute approximate surface area is 104 Å². The summed E-state index contributed by atoms with van der Waals surface area (Å²) in [4.78, 5) is 0. The van der Waals surface area contributed by atoms with Crippen molar-refractivity contribution in [1.82, 2.24) is 5.32 Å². The molecule has 1 rings (SSSR count). The van der Waals surface area contributed by atoms with E-state index in [-0.39, 0.29) is 5.38 Å². The quantitative estimate of drug-likeness (QED) is 0.643. The Morgan fingerprint density at radius 3 is 3.00 bits per heavy atom. The van der Waals surface area contributed by atoms with Crippen molar-refractivity contribution in [2.45, 2.75) is 12.3 Å². The van der Waals surface area contributed by atoms with Crippen molar-refractivity contribution in [3.05, 3.63) is 28.7 Å². The van der Waals surface area contributed by atoms with Crippen LogP contribution in [-0.2, 0) is 0 Å². The largest absolute Gasteiger partial charge is 0.492 e. The number of hydrogen-bond acceptors (Lipinski definition) is 2. The second-order valence-electron chi connectivity index (χ2n) is 3.29. The molecule has 0 spiro atoms. The Balaban J connectivity index is 2.15. The van der Waals surface area contributed by atoms with E-state index in [0.717, 1.165) is 23.3 Å². The third-order valence-electron chi connectivity index (χ3n) is 1.77. The van der Waals surface area contributed by atoms with Crippen molar-refractivity contribution in [3.8, 4) is 5.75 Å². The van der Waals surface area contributed by atoms with Gasteiger partial charge in [-0.15, -0.1) is 11.6 Å². The van der Waals surface area contributed by atoms with E-state index in [1.807, 2.05) is 31.2 Å². The smallest absolute Gasteiger partial charge is 0.120 e. The molecule has 1 unspecified atom stereocenters. The van der Waals surface area contributed by atoms with Gasteiger partial charge in [-0.2, -0.15) is 0 Å². The first-order chi connectivity index (χ1) is 7.18. The molecule has 84 valence electrons. The molecule has 1 aromatic carbocycles. The van der Waals surface area contributed by atoms with Gasteiger partial charge in [0.15, 0.2) is 0 Å². The maximum Gasteiger partial charge on any atom is 0.120 e. The van der Waals surface area contributed by atoms with Crippen molar-refractivity contribution in [1.29, 1.82) is 0 Å². The van der Waals surface area contributed by atoms with E-state index in [9.17, 15) is 0 Å².